The van der Waals surface area contributed by atoms with Crippen molar-refractivity contribution in [1.82, 2.24) is 0 Å². The Labute approximate surface area is 119 Å². The van der Waals surface area contributed by atoms with Gasteiger partial charge in [-0.25, -0.2) is 12.1 Å². The van der Waals surface area contributed by atoms with Gasteiger partial charge in [-0.1, -0.05) is 18.2 Å². The van der Waals surface area contributed by atoms with Gasteiger partial charge in [0, 0.05) is 25.8 Å². The minimum atomic E-state index is 0. The molecule has 0 amide bonds. The second-order valence-electron chi connectivity index (χ2n) is 3.43. The average Bonchev–Trinajstić information content (AvgIpc) is 3.01. The maximum absolute atomic E-state index is 3.19. The van der Waals surface area contributed by atoms with Crippen LogP contribution in [-0.4, -0.2) is 0 Å². The molecule has 0 bridgehead atoms. The molecule has 0 saturated carbocycles. The summed E-state index contributed by atoms with van der Waals surface area (Å²) in [6.07, 6.45) is 4.08. The van der Waals surface area contributed by atoms with Crippen LogP contribution in [0.5, 0.6) is 0 Å². The van der Waals surface area contributed by atoms with E-state index in [-0.39, 0.29) is 20.1 Å². The Morgan fingerprint density at radius 2 is 1.82 bits per heavy atom. The van der Waals surface area contributed by atoms with Gasteiger partial charge in [0.2, 0.25) is 0 Å². The fourth-order valence-electron chi connectivity index (χ4n) is 1.60. The number of hydrogen-bond donors (Lipinski definition) is 0. The third-order valence-electron chi connectivity index (χ3n) is 2.38. The van der Waals surface area contributed by atoms with Crippen LogP contribution in [0.1, 0.15) is 0 Å². The van der Waals surface area contributed by atoms with Crippen LogP contribution in [0.4, 0.5) is 10.7 Å². The van der Waals surface area contributed by atoms with Crippen LogP contribution in [0.3, 0.4) is 0 Å². The van der Waals surface area contributed by atoms with Gasteiger partial charge in [0.05, 0.1) is 0 Å². The molecule has 1 aliphatic heterocycles. The Morgan fingerprint density at radius 3 is 2.53 bits per heavy atom. The van der Waals surface area contributed by atoms with Gasteiger partial charge in [-0.05, 0) is 29.5 Å². The van der Waals surface area contributed by atoms with Gasteiger partial charge in [-0.3, -0.25) is 11.3 Å². The average molecular weight is 419 g/mol. The number of para-hydroxylation sites is 1. The molecule has 2 aromatic rings. The van der Waals surface area contributed by atoms with E-state index < -0.39 is 0 Å². The molecule has 0 spiro atoms. The summed E-state index contributed by atoms with van der Waals surface area (Å²) < 4.78 is 0. The first-order valence-corrected chi connectivity index (χ1v) is 5.92. The summed E-state index contributed by atoms with van der Waals surface area (Å²) in [5.74, 6) is 0. The van der Waals surface area contributed by atoms with E-state index in [1.807, 2.05) is 42.0 Å². The van der Waals surface area contributed by atoms with Crippen LogP contribution >= 0.6 is 11.3 Å². The van der Waals surface area contributed by atoms with Crippen LogP contribution in [0, 0.1) is 12.7 Å². The first kappa shape index (κ1) is 12.4. The summed E-state index contributed by atoms with van der Waals surface area (Å²) >= 11 is 1.68. The van der Waals surface area contributed by atoms with Crippen molar-refractivity contribution in [2.75, 3.05) is 9.80 Å². The molecule has 2 heterocycles. The first-order chi connectivity index (χ1) is 7.93. The van der Waals surface area contributed by atoms with Crippen molar-refractivity contribution in [3.05, 3.63) is 66.9 Å². The molecule has 0 unspecified atom stereocenters. The minimum absolute atomic E-state index is 0. The predicted molar refractivity (Wildman–Crippen MR) is 68.0 cm³/mol. The van der Waals surface area contributed by atoms with Crippen LogP contribution in [-0.2, 0) is 20.1 Å². The van der Waals surface area contributed by atoms with Crippen molar-refractivity contribution in [2.45, 2.75) is 0 Å². The van der Waals surface area contributed by atoms with Gasteiger partial charge < -0.3 is 9.80 Å². The van der Waals surface area contributed by atoms with Crippen LogP contribution < -0.4 is 9.80 Å². The van der Waals surface area contributed by atoms with Gasteiger partial charge in [-0.2, -0.15) is 5.38 Å². The van der Waals surface area contributed by atoms with Crippen molar-refractivity contribution in [3.8, 4) is 0 Å². The fraction of sp³-hybridized carbons (Fsp3) is 0. The third-order valence-corrected chi connectivity index (χ3v) is 3.20. The molecule has 89 valence electrons. The van der Waals surface area contributed by atoms with E-state index in [0.717, 1.165) is 10.7 Å². The monoisotopic (exact) mass is 419 g/mol. The molecule has 1 aliphatic rings. The SMILES string of the molecule is [Ir].[c-]1ccsc1N1C=CN(c2ccccc2)[CH-]1. The van der Waals surface area contributed by atoms with Crippen molar-refractivity contribution >= 4 is 22.0 Å². The Hall–Kier alpha value is -1.09. The number of rotatable bonds is 2. The van der Waals surface area contributed by atoms with Crippen molar-refractivity contribution in [3.63, 3.8) is 0 Å². The molecule has 0 aliphatic carbocycles. The molecule has 0 atom stereocenters. The van der Waals surface area contributed by atoms with Crippen molar-refractivity contribution in [2.24, 2.45) is 0 Å². The molecule has 0 N–H and O–H groups in total. The number of benzene rings is 1. The second-order valence-corrected chi connectivity index (χ2v) is 4.33. The Balaban J connectivity index is 0.00000108. The van der Waals surface area contributed by atoms with Gasteiger partial charge >= 0.3 is 0 Å². The Kier molecular flexibility index (Phi) is 4.00. The van der Waals surface area contributed by atoms with E-state index in [9.17, 15) is 0 Å². The molecule has 3 rings (SSSR count). The Bertz CT molecular complexity index is 481. The van der Waals surface area contributed by atoms with Crippen LogP contribution in [0.25, 0.3) is 0 Å². The molecule has 2 nitrogen and oxygen atoms in total. The minimum Gasteiger partial charge on any atom is -0.488 e. The third kappa shape index (κ3) is 2.60. The molecule has 4 heteroatoms. The smallest absolute Gasteiger partial charge is 0.0124 e. The fourth-order valence-corrected chi connectivity index (χ4v) is 2.23. The van der Waals surface area contributed by atoms with Gasteiger partial charge in [0.25, 0.3) is 0 Å². The summed E-state index contributed by atoms with van der Waals surface area (Å²) in [6.45, 7) is 2.05. The second kappa shape index (κ2) is 5.50. The summed E-state index contributed by atoms with van der Waals surface area (Å²) in [6, 6.07) is 15.4. The van der Waals surface area contributed by atoms with E-state index in [1.165, 1.54) is 0 Å². The predicted octanol–water partition coefficient (Wildman–Crippen LogP) is 3.46. The summed E-state index contributed by atoms with van der Waals surface area (Å²) in [5.41, 5.74) is 1.16. The molecule has 1 aromatic heterocycles. The molecule has 0 saturated heterocycles. The zero-order chi connectivity index (χ0) is 10.8. The largest absolute Gasteiger partial charge is 0.488 e. The van der Waals surface area contributed by atoms with Crippen LogP contribution in [0.15, 0.2) is 54.2 Å². The van der Waals surface area contributed by atoms with Gasteiger partial charge in [-0.15, -0.1) is 6.67 Å². The summed E-state index contributed by atoms with van der Waals surface area (Å²) in [5, 5.41) is 3.14. The van der Waals surface area contributed by atoms with E-state index >= 15 is 0 Å². The molecule has 1 aromatic carbocycles. The van der Waals surface area contributed by atoms with Crippen molar-refractivity contribution < 1.29 is 20.1 Å². The zero-order valence-corrected chi connectivity index (χ0v) is 12.1. The number of hydrogen-bond acceptors (Lipinski definition) is 3. The number of thiophene rings is 1. The summed E-state index contributed by atoms with van der Waals surface area (Å²) in [7, 11) is 0. The van der Waals surface area contributed by atoms with E-state index in [0.29, 0.717) is 0 Å². The first-order valence-electron chi connectivity index (χ1n) is 5.04. The number of anilines is 2. The summed E-state index contributed by atoms with van der Waals surface area (Å²) in [4.78, 5) is 4.16. The zero-order valence-electron chi connectivity index (χ0n) is 8.91. The van der Waals surface area contributed by atoms with E-state index in [2.05, 4.69) is 34.7 Å². The molecule has 17 heavy (non-hydrogen) atoms. The maximum Gasteiger partial charge on any atom is 0.0124 e. The number of nitrogens with zero attached hydrogens (tertiary/aromatic N) is 2. The quantitative estimate of drug-likeness (QED) is 0.690. The molecule has 0 fully saturated rings. The van der Waals surface area contributed by atoms with Crippen molar-refractivity contribution in [1.29, 1.82) is 0 Å². The van der Waals surface area contributed by atoms with Crippen LogP contribution in [0.2, 0.25) is 0 Å². The van der Waals surface area contributed by atoms with Gasteiger partial charge in [0.1, 0.15) is 0 Å². The molecule has 1 radical (unpaired) electrons. The van der Waals surface area contributed by atoms with Gasteiger partial charge in [0.15, 0.2) is 0 Å². The standard InChI is InChI=1S/C13H10N2S.Ir/c1-2-5-12(6-3-1)14-8-9-15(11-14)13-7-4-10-16-13;/h1-6,8-11H;/q-2;. The topological polar surface area (TPSA) is 6.48 Å². The van der Waals surface area contributed by atoms with E-state index in [1.54, 1.807) is 11.3 Å². The maximum atomic E-state index is 3.19. The normalized spacial score (nSPS) is 13.9. The molecular formula is C13H10IrN2S-2. The molecular weight excluding hydrogens is 408 g/mol. The van der Waals surface area contributed by atoms with E-state index in [4.69, 9.17) is 0 Å². The Morgan fingerprint density at radius 1 is 1.06 bits per heavy atom.